The highest BCUT2D eigenvalue weighted by Crippen LogP contribution is 2.30. The van der Waals surface area contributed by atoms with Gasteiger partial charge in [0.15, 0.2) is 5.78 Å². The molecule has 0 amide bonds. The first-order chi connectivity index (χ1) is 14.0. The summed E-state index contributed by atoms with van der Waals surface area (Å²) in [6.45, 7) is 0.275. The molecular formula is C23H17BrClFO3. The number of allylic oxidation sites excluding steroid dienone is 1. The van der Waals surface area contributed by atoms with Crippen molar-refractivity contribution in [2.45, 2.75) is 6.61 Å². The summed E-state index contributed by atoms with van der Waals surface area (Å²) in [4.78, 5) is 12.2. The zero-order valence-electron chi connectivity index (χ0n) is 15.5. The van der Waals surface area contributed by atoms with Gasteiger partial charge in [-0.2, -0.15) is 0 Å². The summed E-state index contributed by atoms with van der Waals surface area (Å²) in [5.41, 5.74) is 2.06. The normalized spacial score (nSPS) is 10.9. The van der Waals surface area contributed by atoms with Gasteiger partial charge in [-0.15, -0.1) is 0 Å². The van der Waals surface area contributed by atoms with Crippen LogP contribution in [0.15, 0.2) is 71.2 Å². The SMILES string of the molecule is COc1ccc(/C=C/C(=O)c2ccc(F)cc2)cc1COc1ccc(Cl)cc1Br. The van der Waals surface area contributed by atoms with Crippen molar-refractivity contribution in [3.8, 4) is 11.5 Å². The Balaban J connectivity index is 1.75. The van der Waals surface area contributed by atoms with Gasteiger partial charge in [0, 0.05) is 16.1 Å². The molecule has 0 fully saturated rings. The molecule has 0 aliphatic heterocycles. The molecule has 29 heavy (non-hydrogen) atoms. The largest absolute Gasteiger partial charge is 0.496 e. The van der Waals surface area contributed by atoms with Crippen LogP contribution in [0.4, 0.5) is 4.39 Å². The lowest BCUT2D eigenvalue weighted by atomic mass is 10.1. The van der Waals surface area contributed by atoms with E-state index in [1.807, 2.05) is 18.2 Å². The second-order valence-electron chi connectivity index (χ2n) is 6.14. The first kappa shape index (κ1) is 21.1. The predicted octanol–water partition coefficient (Wildman–Crippen LogP) is 6.73. The summed E-state index contributed by atoms with van der Waals surface area (Å²) in [7, 11) is 1.59. The van der Waals surface area contributed by atoms with Crippen LogP contribution in [0, 0.1) is 5.82 Å². The van der Waals surface area contributed by atoms with Gasteiger partial charge < -0.3 is 9.47 Å². The number of hydrogen-bond acceptors (Lipinski definition) is 3. The molecule has 0 aliphatic rings. The van der Waals surface area contributed by atoms with E-state index in [9.17, 15) is 9.18 Å². The van der Waals surface area contributed by atoms with Gasteiger partial charge in [0.1, 0.15) is 23.9 Å². The minimum Gasteiger partial charge on any atom is -0.496 e. The van der Waals surface area contributed by atoms with Crippen molar-refractivity contribution in [2.75, 3.05) is 7.11 Å². The van der Waals surface area contributed by atoms with Gasteiger partial charge in [0.25, 0.3) is 0 Å². The summed E-state index contributed by atoms with van der Waals surface area (Å²) in [5.74, 6) is 0.752. The highest BCUT2D eigenvalue weighted by atomic mass is 79.9. The van der Waals surface area contributed by atoms with Crippen LogP contribution in [0.25, 0.3) is 6.08 Å². The van der Waals surface area contributed by atoms with Gasteiger partial charge in [-0.25, -0.2) is 4.39 Å². The molecule has 0 saturated carbocycles. The topological polar surface area (TPSA) is 35.5 Å². The van der Waals surface area contributed by atoms with Crippen molar-refractivity contribution >= 4 is 39.4 Å². The van der Waals surface area contributed by atoms with Gasteiger partial charge in [-0.1, -0.05) is 23.7 Å². The highest BCUT2D eigenvalue weighted by molar-refractivity contribution is 9.10. The van der Waals surface area contributed by atoms with E-state index in [0.29, 0.717) is 22.1 Å². The number of halogens is 3. The monoisotopic (exact) mass is 474 g/mol. The molecule has 0 spiro atoms. The van der Waals surface area contributed by atoms with E-state index in [0.717, 1.165) is 15.6 Å². The van der Waals surface area contributed by atoms with Crippen LogP contribution in [0.5, 0.6) is 11.5 Å². The van der Waals surface area contributed by atoms with E-state index in [1.165, 1.54) is 30.3 Å². The van der Waals surface area contributed by atoms with Crippen molar-refractivity contribution in [2.24, 2.45) is 0 Å². The van der Waals surface area contributed by atoms with E-state index >= 15 is 0 Å². The first-order valence-electron chi connectivity index (χ1n) is 8.69. The number of benzene rings is 3. The number of methoxy groups -OCH3 is 1. The number of rotatable bonds is 7. The van der Waals surface area contributed by atoms with Crippen LogP contribution >= 0.6 is 27.5 Å². The second kappa shape index (κ2) is 9.72. The summed E-state index contributed by atoms with van der Waals surface area (Å²) in [5, 5.41) is 0.611. The van der Waals surface area contributed by atoms with Crippen molar-refractivity contribution < 1.29 is 18.7 Å². The Morgan fingerprint density at radius 2 is 1.79 bits per heavy atom. The number of carbonyl (C=O) groups excluding carboxylic acids is 1. The van der Waals surface area contributed by atoms with E-state index in [4.69, 9.17) is 21.1 Å². The van der Waals surface area contributed by atoms with Crippen LogP contribution in [-0.4, -0.2) is 12.9 Å². The second-order valence-corrected chi connectivity index (χ2v) is 7.43. The molecule has 0 saturated heterocycles. The number of hydrogen-bond donors (Lipinski definition) is 0. The van der Waals surface area contributed by atoms with Gasteiger partial charge in [-0.05, 0) is 82.2 Å². The average Bonchev–Trinajstić information content (AvgIpc) is 2.72. The van der Waals surface area contributed by atoms with Crippen LogP contribution < -0.4 is 9.47 Å². The summed E-state index contributed by atoms with van der Waals surface area (Å²) in [6, 6.07) is 16.3. The Kier molecular flexibility index (Phi) is 7.07. The fourth-order valence-electron chi connectivity index (χ4n) is 2.65. The lowest BCUT2D eigenvalue weighted by Crippen LogP contribution is -2.00. The third-order valence-corrected chi connectivity index (χ3v) is 4.99. The number of ether oxygens (including phenoxy) is 2. The zero-order chi connectivity index (χ0) is 20.8. The number of carbonyl (C=O) groups is 1. The Labute approximate surface area is 181 Å². The number of ketones is 1. The minimum atomic E-state index is -0.377. The van der Waals surface area contributed by atoms with Crippen LogP contribution in [-0.2, 0) is 6.61 Å². The molecule has 0 heterocycles. The Bertz CT molecular complexity index is 1050. The Morgan fingerprint density at radius 1 is 1.07 bits per heavy atom. The fraction of sp³-hybridized carbons (Fsp3) is 0.0870. The quantitative estimate of drug-likeness (QED) is 0.281. The molecule has 0 N–H and O–H groups in total. The van der Waals surface area contributed by atoms with Crippen LogP contribution in [0.2, 0.25) is 5.02 Å². The van der Waals surface area contributed by atoms with Gasteiger partial charge in [0.05, 0.1) is 11.6 Å². The molecule has 148 valence electrons. The van der Waals surface area contributed by atoms with E-state index in [2.05, 4.69) is 15.9 Å². The molecular weight excluding hydrogens is 459 g/mol. The van der Waals surface area contributed by atoms with Gasteiger partial charge >= 0.3 is 0 Å². The van der Waals surface area contributed by atoms with Crippen LogP contribution in [0.1, 0.15) is 21.5 Å². The Hall–Kier alpha value is -2.63. The average molecular weight is 476 g/mol. The highest BCUT2D eigenvalue weighted by Gasteiger charge is 2.08. The van der Waals surface area contributed by atoms with Crippen molar-refractivity contribution in [1.29, 1.82) is 0 Å². The first-order valence-corrected chi connectivity index (χ1v) is 9.86. The maximum Gasteiger partial charge on any atom is 0.185 e. The minimum absolute atomic E-state index is 0.205. The fourth-order valence-corrected chi connectivity index (χ4v) is 3.44. The smallest absolute Gasteiger partial charge is 0.185 e. The summed E-state index contributed by atoms with van der Waals surface area (Å²) in [6.07, 6.45) is 3.16. The lowest BCUT2D eigenvalue weighted by Gasteiger charge is -2.12. The molecule has 0 radical (unpaired) electrons. The van der Waals surface area contributed by atoms with E-state index < -0.39 is 0 Å². The third kappa shape index (κ3) is 5.68. The molecule has 3 nitrogen and oxygen atoms in total. The van der Waals surface area contributed by atoms with Crippen molar-refractivity contribution in [3.05, 3.63) is 98.7 Å². The van der Waals surface area contributed by atoms with Crippen LogP contribution in [0.3, 0.4) is 0 Å². The Morgan fingerprint density at radius 3 is 2.48 bits per heavy atom. The molecule has 3 aromatic carbocycles. The maximum atomic E-state index is 13.0. The molecule has 6 heteroatoms. The molecule has 3 aromatic rings. The summed E-state index contributed by atoms with van der Waals surface area (Å²) < 4.78 is 25.0. The van der Waals surface area contributed by atoms with Crippen molar-refractivity contribution in [3.63, 3.8) is 0 Å². The molecule has 0 atom stereocenters. The van der Waals surface area contributed by atoms with E-state index in [-0.39, 0.29) is 18.2 Å². The predicted molar refractivity (Wildman–Crippen MR) is 116 cm³/mol. The maximum absolute atomic E-state index is 13.0. The molecule has 0 bridgehead atoms. The third-order valence-electron chi connectivity index (χ3n) is 4.14. The lowest BCUT2D eigenvalue weighted by molar-refractivity contribution is 0.104. The standard InChI is InChI=1S/C23H17BrClFO3/c1-28-22-10-3-15(2-9-21(27)16-4-7-19(26)8-5-16)12-17(22)14-29-23-11-6-18(25)13-20(23)24/h2-13H,14H2,1H3/b9-2+. The molecule has 0 unspecified atom stereocenters. The van der Waals surface area contributed by atoms with Gasteiger partial charge in [-0.3, -0.25) is 4.79 Å². The van der Waals surface area contributed by atoms with Crippen molar-refractivity contribution in [1.82, 2.24) is 0 Å². The van der Waals surface area contributed by atoms with Gasteiger partial charge in [0.2, 0.25) is 0 Å². The summed E-state index contributed by atoms with van der Waals surface area (Å²) >= 11 is 9.38. The molecule has 3 rings (SSSR count). The molecule has 0 aromatic heterocycles. The zero-order valence-corrected chi connectivity index (χ0v) is 17.8. The van der Waals surface area contributed by atoms with E-state index in [1.54, 1.807) is 31.4 Å². The molecule has 0 aliphatic carbocycles.